The van der Waals surface area contributed by atoms with Crippen LogP contribution in [0.15, 0.2) is 16.6 Å². The fraction of sp³-hybridized carbons (Fsp3) is 0.182. The molecule has 0 aliphatic rings. The van der Waals surface area contributed by atoms with Crippen LogP contribution in [0.5, 0.6) is 0 Å². The molecule has 2 aromatic rings. The van der Waals surface area contributed by atoms with E-state index in [1.807, 2.05) is 13.8 Å². The Labute approximate surface area is 95.2 Å². The van der Waals surface area contributed by atoms with Gasteiger partial charge in [0.15, 0.2) is 0 Å². The summed E-state index contributed by atoms with van der Waals surface area (Å²) in [6, 6.07) is 3.50. The van der Waals surface area contributed by atoms with Crippen LogP contribution in [0.2, 0.25) is 0 Å². The zero-order valence-corrected chi connectivity index (χ0v) is 9.97. The van der Waals surface area contributed by atoms with E-state index in [0.29, 0.717) is 10.0 Å². The summed E-state index contributed by atoms with van der Waals surface area (Å²) in [7, 11) is 0. The van der Waals surface area contributed by atoms with Crippen LogP contribution in [0.1, 0.15) is 21.6 Å². The predicted molar refractivity (Wildman–Crippen MR) is 62.4 cm³/mol. The van der Waals surface area contributed by atoms with Gasteiger partial charge in [-0.3, -0.25) is 0 Å². The molecule has 0 radical (unpaired) electrons. The second-order valence-electron chi connectivity index (χ2n) is 3.56. The first-order valence-corrected chi connectivity index (χ1v) is 5.31. The molecule has 2 rings (SSSR count). The van der Waals surface area contributed by atoms with Crippen molar-refractivity contribution in [1.29, 1.82) is 0 Å². The number of aromatic nitrogens is 1. The van der Waals surface area contributed by atoms with Gasteiger partial charge in [-0.1, -0.05) is 0 Å². The lowest BCUT2D eigenvalue weighted by Crippen LogP contribution is -1.97. The molecule has 1 heterocycles. The summed E-state index contributed by atoms with van der Waals surface area (Å²) < 4.78 is 0.601. The van der Waals surface area contributed by atoms with E-state index in [4.69, 9.17) is 5.11 Å². The van der Waals surface area contributed by atoms with Crippen LogP contribution in [0.3, 0.4) is 0 Å². The normalized spacial score (nSPS) is 10.9. The average Bonchev–Trinajstić information content (AvgIpc) is 2.41. The summed E-state index contributed by atoms with van der Waals surface area (Å²) in [5, 5.41) is 9.95. The van der Waals surface area contributed by atoms with Gasteiger partial charge in [0.05, 0.1) is 5.56 Å². The maximum absolute atomic E-state index is 10.9. The number of rotatable bonds is 1. The van der Waals surface area contributed by atoms with Crippen molar-refractivity contribution in [3.63, 3.8) is 0 Å². The number of carbonyl (C=O) groups is 1. The maximum atomic E-state index is 10.9. The highest BCUT2D eigenvalue weighted by Gasteiger charge is 2.12. The van der Waals surface area contributed by atoms with Crippen LogP contribution in [-0.4, -0.2) is 16.1 Å². The van der Waals surface area contributed by atoms with Crippen molar-refractivity contribution >= 4 is 32.8 Å². The predicted octanol–water partition coefficient (Wildman–Crippen LogP) is 3.25. The van der Waals surface area contributed by atoms with Crippen LogP contribution in [0, 0.1) is 13.8 Å². The zero-order chi connectivity index (χ0) is 11.2. The zero-order valence-electron chi connectivity index (χ0n) is 8.39. The Bertz CT molecular complexity index is 557. The molecule has 1 aromatic carbocycles. The van der Waals surface area contributed by atoms with Gasteiger partial charge >= 0.3 is 5.97 Å². The Kier molecular flexibility index (Phi) is 2.31. The van der Waals surface area contributed by atoms with E-state index in [2.05, 4.69) is 20.9 Å². The van der Waals surface area contributed by atoms with Gasteiger partial charge in [0, 0.05) is 21.1 Å². The lowest BCUT2D eigenvalue weighted by molar-refractivity contribution is 0.0696. The number of H-pyrrole nitrogens is 1. The van der Waals surface area contributed by atoms with Crippen LogP contribution in [0.4, 0.5) is 0 Å². The van der Waals surface area contributed by atoms with Crippen LogP contribution in [-0.2, 0) is 0 Å². The molecule has 0 saturated carbocycles. The number of aromatic carboxylic acids is 1. The second kappa shape index (κ2) is 3.38. The topological polar surface area (TPSA) is 53.1 Å². The van der Waals surface area contributed by atoms with Crippen molar-refractivity contribution in [2.45, 2.75) is 13.8 Å². The highest BCUT2D eigenvalue weighted by atomic mass is 79.9. The van der Waals surface area contributed by atoms with Crippen LogP contribution >= 0.6 is 15.9 Å². The molecule has 3 nitrogen and oxygen atoms in total. The van der Waals surface area contributed by atoms with Gasteiger partial charge in [-0.2, -0.15) is 0 Å². The molecule has 0 unspecified atom stereocenters. The molecule has 0 spiro atoms. The van der Waals surface area contributed by atoms with Crippen molar-refractivity contribution < 1.29 is 9.90 Å². The molecule has 0 bridgehead atoms. The van der Waals surface area contributed by atoms with Crippen molar-refractivity contribution in [3.8, 4) is 0 Å². The number of fused-ring (bicyclic) bond motifs is 1. The SMILES string of the molecule is Cc1[nH]c2cc(Br)c(C(=O)O)cc2c1C. The van der Waals surface area contributed by atoms with Gasteiger partial charge in [-0.25, -0.2) is 4.79 Å². The van der Waals surface area contributed by atoms with Gasteiger partial charge in [-0.15, -0.1) is 0 Å². The third kappa shape index (κ3) is 1.55. The summed E-state index contributed by atoms with van der Waals surface area (Å²) in [6.07, 6.45) is 0. The fourth-order valence-corrected chi connectivity index (χ4v) is 2.16. The minimum Gasteiger partial charge on any atom is -0.478 e. The minimum atomic E-state index is -0.915. The fourth-order valence-electron chi connectivity index (χ4n) is 1.65. The van der Waals surface area contributed by atoms with E-state index in [0.717, 1.165) is 22.2 Å². The number of hydrogen-bond acceptors (Lipinski definition) is 1. The highest BCUT2D eigenvalue weighted by molar-refractivity contribution is 9.10. The molecule has 0 fully saturated rings. The Morgan fingerprint density at radius 3 is 2.67 bits per heavy atom. The maximum Gasteiger partial charge on any atom is 0.336 e. The molecule has 15 heavy (non-hydrogen) atoms. The first kappa shape index (κ1) is 10.2. The van der Waals surface area contributed by atoms with Crippen LogP contribution < -0.4 is 0 Å². The summed E-state index contributed by atoms with van der Waals surface area (Å²) in [5.74, 6) is -0.915. The molecule has 0 aliphatic heterocycles. The van der Waals surface area contributed by atoms with E-state index in [1.165, 1.54) is 0 Å². The number of hydrogen-bond donors (Lipinski definition) is 2. The quantitative estimate of drug-likeness (QED) is 0.834. The lowest BCUT2D eigenvalue weighted by Gasteiger charge is -1.99. The minimum absolute atomic E-state index is 0.296. The van der Waals surface area contributed by atoms with Gasteiger partial charge < -0.3 is 10.1 Å². The molecule has 0 aliphatic carbocycles. The van der Waals surface area contributed by atoms with Gasteiger partial charge in [0.2, 0.25) is 0 Å². The number of benzene rings is 1. The van der Waals surface area contributed by atoms with E-state index in [-0.39, 0.29) is 0 Å². The molecule has 0 atom stereocenters. The summed E-state index contributed by atoms with van der Waals surface area (Å²) in [4.78, 5) is 14.2. The molecule has 2 N–H and O–H groups in total. The first-order chi connectivity index (χ1) is 7.00. The molecule has 0 amide bonds. The first-order valence-electron chi connectivity index (χ1n) is 4.52. The molecule has 4 heteroatoms. The van der Waals surface area contributed by atoms with Crippen molar-refractivity contribution in [1.82, 2.24) is 4.98 Å². The summed E-state index contributed by atoms with van der Waals surface area (Å²) in [6.45, 7) is 3.96. The highest BCUT2D eigenvalue weighted by Crippen LogP contribution is 2.27. The van der Waals surface area contributed by atoms with E-state index < -0.39 is 5.97 Å². The smallest absolute Gasteiger partial charge is 0.336 e. The third-order valence-corrected chi connectivity index (χ3v) is 3.28. The van der Waals surface area contributed by atoms with Crippen molar-refractivity contribution in [2.24, 2.45) is 0 Å². The molecule has 0 saturated heterocycles. The van der Waals surface area contributed by atoms with E-state index in [9.17, 15) is 4.79 Å². The van der Waals surface area contributed by atoms with Crippen LogP contribution in [0.25, 0.3) is 10.9 Å². The Balaban J connectivity index is 2.83. The molecular weight excluding hydrogens is 258 g/mol. The Morgan fingerprint density at radius 1 is 1.40 bits per heavy atom. The van der Waals surface area contributed by atoms with Gasteiger partial charge in [0.1, 0.15) is 0 Å². The van der Waals surface area contributed by atoms with Crippen molar-refractivity contribution in [2.75, 3.05) is 0 Å². The van der Waals surface area contributed by atoms with Gasteiger partial charge in [-0.05, 0) is 47.5 Å². The number of nitrogens with one attached hydrogen (secondary N) is 1. The van der Waals surface area contributed by atoms with E-state index in [1.54, 1.807) is 12.1 Å². The number of carboxylic acids is 1. The number of carboxylic acid groups (broad SMARTS) is 1. The third-order valence-electron chi connectivity index (χ3n) is 2.63. The van der Waals surface area contributed by atoms with E-state index >= 15 is 0 Å². The largest absolute Gasteiger partial charge is 0.478 e. The summed E-state index contributed by atoms with van der Waals surface area (Å²) in [5.41, 5.74) is 3.42. The van der Waals surface area contributed by atoms with Crippen molar-refractivity contribution in [3.05, 3.63) is 33.4 Å². The molecule has 78 valence electrons. The lowest BCUT2D eigenvalue weighted by atomic mass is 10.1. The monoisotopic (exact) mass is 267 g/mol. The number of aromatic amines is 1. The Hall–Kier alpha value is -1.29. The average molecular weight is 268 g/mol. The number of aryl methyl sites for hydroxylation is 2. The number of halogens is 1. The Morgan fingerprint density at radius 2 is 2.07 bits per heavy atom. The van der Waals surface area contributed by atoms with Gasteiger partial charge in [0.25, 0.3) is 0 Å². The molecular formula is C11H10BrNO2. The summed E-state index contributed by atoms with van der Waals surface area (Å²) >= 11 is 3.25. The second-order valence-corrected chi connectivity index (χ2v) is 4.41. The standard InChI is InChI=1S/C11H10BrNO2/c1-5-6(2)13-10-4-9(12)8(11(14)15)3-7(5)10/h3-4,13H,1-2H3,(H,14,15). The molecule has 1 aromatic heterocycles.